The van der Waals surface area contributed by atoms with Crippen molar-refractivity contribution in [2.24, 2.45) is 0 Å². The highest BCUT2D eigenvalue weighted by Crippen LogP contribution is 2.21. The molecule has 2 aromatic rings. The summed E-state index contributed by atoms with van der Waals surface area (Å²) in [5.41, 5.74) is 1.33. The molecule has 6 heteroatoms. The van der Waals surface area contributed by atoms with Crippen LogP contribution in [0.1, 0.15) is 26.3 Å². The van der Waals surface area contributed by atoms with Gasteiger partial charge in [-0.3, -0.25) is 5.32 Å². The predicted octanol–water partition coefficient (Wildman–Crippen LogP) is 4.85. The molecule has 0 radical (unpaired) electrons. The number of ether oxygens (including phenoxy) is 1. The van der Waals surface area contributed by atoms with Gasteiger partial charge in [0, 0.05) is 12.2 Å². The van der Waals surface area contributed by atoms with Crippen LogP contribution in [0, 0.1) is 5.82 Å². The van der Waals surface area contributed by atoms with E-state index < -0.39 is 17.5 Å². The van der Waals surface area contributed by atoms with Crippen LogP contribution in [-0.2, 0) is 11.3 Å². The first-order valence-corrected chi connectivity index (χ1v) is 7.82. The highest BCUT2D eigenvalue weighted by atomic mass is 32.1. The maximum atomic E-state index is 13.8. The standard InChI is InChI=1S/C16H19FN2O2S/c1-16(2,3)21-15(20)19-14-8-12(4-5-13(14)17)18-9-11-6-7-22-10-11/h4-8,10,18H,9H2,1-3H3,(H,19,20). The van der Waals surface area contributed by atoms with Gasteiger partial charge in [0.05, 0.1) is 5.69 Å². The van der Waals surface area contributed by atoms with E-state index in [2.05, 4.69) is 10.6 Å². The van der Waals surface area contributed by atoms with E-state index in [9.17, 15) is 9.18 Å². The molecule has 1 amide bonds. The average molecular weight is 322 g/mol. The SMILES string of the molecule is CC(C)(C)OC(=O)Nc1cc(NCc2ccsc2)ccc1F. The summed E-state index contributed by atoms with van der Waals surface area (Å²) in [4.78, 5) is 11.7. The Morgan fingerprint density at radius 3 is 2.73 bits per heavy atom. The highest BCUT2D eigenvalue weighted by molar-refractivity contribution is 7.07. The van der Waals surface area contributed by atoms with Crippen molar-refractivity contribution in [2.75, 3.05) is 10.6 Å². The number of amides is 1. The Balaban J connectivity index is 2.01. The summed E-state index contributed by atoms with van der Waals surface area (Å²) in [6.45, 7) is 5.90. The Labute approximate surface area is 133 Å². The van der Waals surface area contributed by atoms with Crippen molar-refractivity contribution >= 4 is 28.8 Å². The third-order valence-corrected chi connectivity index (χ3v) is 3.41. The molecule has 0 aliphatic heterocycles. The lowest BCUT2D eigenvalue weighted by Gasteiger charge is -2.20. The zero-order chi connectivity index (χ0) is 16.2. The number of thiophene rings is 1. The Kier molecular flexibility index (Phi) is 5.03. The molecule has 1 aromatic heterocycles. The number of hydrogen-bond donors (Lipinski definition) is 2. The zero-order valence-electron chi connectivity index (χ0n) is 12.8. The molecule has 0 unspecified atom stereocenters. The second-order valence-electron chi connectivity index (χ2n) is 5.81. The van der Waals surface area contributed by atoms with Gasteiger partial charge in [0.1, 0.15) is 11.4 Å². The molecular formula is C16H19FN2O2S. The smallest absolute Gasteiger partial charge is 0.412 e. The van der Waals surface area contributed by atoms with E-state index in [1.165, 1.54) is 6.07 Å². The molecule has 22 heavy (non-hydrogen) atoms. The van der Waals surface area contributed by atoms with Crippen LogP contribution >= 0.6 is 11.3 Å². The number of nitrogens with one attached hydrogen (secondary N) is 2. The number of halogens is 1. The van der Waals surface area contributed by atoms with E-state index in [0.29, 0.717) is 6.54 Å². The minimum Gasteiger partial charge on any atom is -0.444 e. The van der Waals surface area contributed by atoms with Crippen LogP contribution in [0.15, 0.2) is 35.0 Å². The Morgan fingerprint density at radius 1 is 1.32 bits per heavy atom. The fourth-order valence-electron chi connectivity index (χ4n) is 1.74. The van der Waals surface area contributed by atoms with Gasteiger partial charge >= 0.3 is 6.09 Å². The number of carbonyl (C=O) groups excluding carboxylic acids is 1. The van der Waals surface area contributed by atoms with Gasteiger partial charge in [-0.1, -0.05) is 0 Å². The Bertz CT molecular complexity index is 636. The quantitative estimate of drug-likeness (QED) is 0.846. The fraction of sp³-hybridized carbons (Fsp3) is 0.312. The summed E-state index contributed by atoms with van der Waals surface area (Å²) < 4.78 is 18.9. The van der Waals surface area contributed by atoms with Crippen molar-refractivity contribution in [1.29, 1.82) is 0 Å². The van der Waals surface area contributed by atoms with Gasteiger partial charge in [0.25, 0.3) is 0 Å². The summed E-state index contributed by atoms with van der Waals surface area (Å²) in [6.07, 6.45) is -0.679. The van der Waals surface area contributed by atoms with E-state index in [0.717, 1.165) is 11.3 Å². The van der Waals surface area contributed by atoms with Crippen LogP contribution in [0.5, 0.6) is 0 Å². The van der Waals surface area contributed by atoms with Gasteiger partial charge in [-0.05, 0) is 61.4 Å². The first kappa shape index (κ1) is 16.3. The highest BCUT2D eigenvalue weighted by Gasteiger charge is 2.17. The first-order chi connectivity index (χ1) is 10.3. The van der Waals surface area contributed by atoms with E-state index in [4.69, 9.17) is 4.74 Å². The third-order valence-electron chi connectivity index (χ3n) is 2.68. The molecule has 0 bridgehead atoms. The van der Waals surface area contributed by atoms with Crippen LogP contribution in [0.4, 0.5) is 20.6 Å². The van der Waals surface area contributed by atoms with Crippen LogP contribution in [0.25, 0.3) is 0 Å². The maximum absolute atomic E-state index is 13.8. The molecule has 0 atom stereocenters. The van der Waals surface area contributed by atoms with Gasteiger partial charge in [0.15, 0.2) is 0 Å². The largest absolute Gasteiger partial charge is 0.444 e. The molecule has 2 N–H and O–H groups in total. The van der Waals surface area contributed by atoms with Gasteiger partial charge in [0.2, 0.25) is 0 Å². The lowest BCUT2D eigenvalue weighted by atomic mass is 10.2. The van der Waals surface area contributed by atoms with Crippen molar-refractivity contribution in [3.05, 3.63) is 46.4 Å². The van der Waals surface area contributed by atoms with Crippen molar-refractivity contribution < 1.29 is 13.9 Å². The first-order valence-electron chi connectivity index (χ1n) is 6.88. The van der Waals surface area contributed by atoms with Gasteiger partial charge in [-0.25, -0.2) is 9.18 Å². The molecular weight excluding hydrogens is 303 g/mol. The molecule has 4 nitrogen and oxygen atoms in total. The second kappa shape index (κ2) is 6.79. The molecule has 0 aliphatic rings. The van der Waals surface area contributed by atoms with Gasteiger partial charge in [-0.15, -0.1) is 0 Å². The summed E-state index contributed by atoms with van der Waals surface area (Å²) in [5, 5.41) is 9.65. The Hall–Kier alpha value is -2.08. The number of hydrogen-bond acceptors (Lipinski definition) is 4. The lowest BCUT2D eigenvalue weighted by Crippen LogP contribution is -2.27. The monoisotopic (exact) mass is 322 g/mol. The molecule has 0 aliphatic carbocycles. The summed E-state index contributed by atoms with van der Waals surface area (Å²) >= 11 is 1.62. The van der Waals surface area contributed by atoms with Crippen LogP contribution in [0.3, 0.4) is 0 Å². The molecule has 0 spiro atoms. The average Bonchev–Trinajstić information content (AvgIpc) is 2.90. The number of benzene rings is 1. The van der Waals surface area contributed by atoms with Crippen molar-refractivity contribution in [1.82, 2.24) is 0 Å². The Morgan fingerprint density at radius 2 is 2.09 bits per heavy atom. The molecule has 2 rings (SSSR count). The number of rotatable bonds is 4. The van der Waals surface area contributed by atoms with E-state index >= 15 is 0 Å². The van der Waals surface area contributed by atoms with Crippen LogP contribution in [0.2, 0.25) is 0 Å². The maximum Gasteiger partial charge on any atom is 0.412 e. The predicted molar refractivity (Wildman–Crippen MR) is 87.9 cm³/mol. The number of carbonyl (C=O) groups is 1. The minimum atomic E-state index is -0.679. The summed E-state index contributed by atoms with van der Waals surface area (Å²) in [7, 11) is 0. The normalized spacial score (nSPS) is 11.1. The fourth-order valence-corrected chi connectivity index (χ4v) is 2.41. The third kappa shape index (κ3) is 5.04. The zero-order valence-corrected chi connectivity index (χ0v) is 13.6. The van der Waals surface area contributed by atoms with Crippen molar-refractivity contribution in [3.8, 4) is 0 Å². The minimum absolute atomic E-state index is 0.0876. The molecule has 0 fully saturated rings. The van der Waals surface area contributed by atoms with Crippen LogP contribution in [-0.4, -0.2) is 11.7 Å². The van der Waals surface area contributed by atoms with E-state index in [1.807, 2.05) is 16.8 Å². The summed E-state index contributed by atoms with van der Waals surface area (Å²) in [6, 6.07) is 6.50. The molecule has 1 heterocycles. The van der Waals surface area contributed by atoms with E-state index in [1.54, 1.807) is 44.2 Å². The molecule has 118 valence electrons. The van der Waals surface area contributed by atoms with Crippen LogP contribution < -0.4 is 10.6 Å². The molecule has 0 saturated heterocycles. The topological polar surface area (TPSA) is 50.4 Å². The lowest BCUT2D eigenvalue weighted by molar-refractivity contribution is 0.0635. The second-order valence-corrected chi connectivity index (χ2v) is 6.59. The van der Waals surface area contributed by atoms with Gasteiger partial charge in [-0.2, -0.15) is 11.3 Å². The van der Waals surface area contributed by atoms with E-state index in [-0.39, 0.29) is 5.69 Å². The number of anilines is 2. The molecule has 0 saturated carbocycles. The van der Waals surface area contributed by atoms with Crippen molar-refractivity contribution in [2.45, 2.75) is 32.9 Å². The summed E-state index contributed by atoms with van der Waals surface area (Å²) in [5.74, 6) is -0.507. The van der Waals surface area contributed by atoms with Gasteiger partial charge < -0.3 is 10.1 Å². The van der Waals surface area contributed by atoms with Crippen molar-refractivity contribution in [3.63, 3.8) is 0 Å². The molecule has 1 aromatic carbocycles.